The van der Waals surface area contributed by atoms with Crippen molar-refractivity contribution in [3.63, 3.8) is 0 Å². The number of nitrogens with one attached hydrogen (secondary N) is 1. The van der Waals surface area contributed by atoms with Gasteiger partial charge in [0.15, 0.2) is 0 Å². The van der Waals surface area contributed by atoms with Crippen LogP contribution in [0.2, 0.25) is 0 Å². The second kappa shape index (κ2) is 11.0. The van der Waals surface area contributed by atoms with Crippen molar-refractivity contribution in [2.24, 2.45) is 5.14 Å². The molecule has 5 rings (SSSR count). The first-order chi connectivity index (χ1) is 19.4. The summed E-state index contributed by atoms with van der Waals surface area (Å²) in [6.45, 7) is 9.98. The average molecular weight is 574 g/mol. The summed E-state index contributed by atoms with van der Waals surface area (Å²) in [5.74, 6) is 0.576. The van der Waals surface area contributed by atoms with E-state index in [1.54, 1.807) is 46.0 Å². The Labute approximate surface area is 241 Å². The Morgan fingerprint density at radius 3 is 2.29 bits per heavy atom. The molecule has 11 heteroatoms. The second-order valence-electron chi connectivity index (χ2n) is 11.1. The molecule has 1 amide bonds. The highest BCUT2D eigenvalue weighted by Crippen LogP contribution is 2.32. The molecule has 0 saturated carbocycles. The van der Waals surface area contributed by atoms with Crippen LogP contribution in [0.3, 0.4) is 0 Å². The van der Waals surface area contributed by atoms with Gasteiger partial charge in [0.2, 0.25) is 11.9 Å². The SMILES string of the molecule is CC(=O)N1CCN(c2cccc(Nc3ncc4cccc(-c5ccc(N(C(C)(C)C)S(N)(=O)=O)cc5)c4n3)c2)CC1. The molecule has 3 N–H and O–H groups in total. The summed E-state index contributed by atoms with van der Waals surface area (Å²) >= 11 is 0. The summed E-state index contributed by atoms with van der Waals surface area (Å²) in [5, 5.41) is 9.75. The van der Waals surface area contributed by atoms with E-state index in [2.05, 4.69) is 27.3 Å². The largest absolute Gasteiger partial charge is 0.368 e. The lowest BCUT2D eigenvalue weighted by atomic mass is 10.0. The van der Waals surface area contributed by atoms with Gasteiger partial charge in [0.25, 0.3) is 10.2 Å². The number of carbonyl (C=O) groups is 1. The number of hydrogen-bond donors (Lipinski definition) is 2. The molecule has 0 bridgehead atoms. The topological polar surface area (TPSA) is 125 Å². The summed E-state index contributed by atoms with van der Waals surface area (Å²) < 4.78 is 25.8. The lowest BCUT2D eigenvalue weighted by molar-refractivity contribution is -0.129. The van der Waals surface area contributed by atoms with E-state index in [0.29, 0.717) is 24.7 Å². The molecule has 3 aromatic carbocycles. The number of rotatable bonds is 6. The van der Waals surface area contributed by atoms with Gasteiger partial charge < -0.3 is 15.1 Å². The van der Waals surface area contributed by atoms with Gasteiger partial charge in [-0.3, -0.25) is 9.10 Å². The van der Waals surface area contributed by atoms with Crippen molar-refractivity contribution >= 4 is 50.0 Å². The van der Waals surface area contributed by atoms with E-state index < -0.39 is 15.7 Å². The maximum absolute atomic E-state index is 12.3. The highest BCUT2D eigenvalue weighted by Gasteiger charge is 2.30. The van der Waals surface area contributed by atoms with Crippen LogP contribution in [0.4, 0.5) is 23.0 Å². The third-order valence-electron chi connectivity index (χ3n) is 7.08. The summed E-state index contributed by atoms with van der Waals surface area (Å²) in [6, 6.07) is 21.2. The second-order valence-corrected chi connectivity index (χ2v) is 12.5. The van der Waals surface area contributed by atoms with E-state index in [-0.39, 0.29) is 5.91 Å². The highest BCUT2D eigenvalue weighted by molar-refractivity contribution is 7.90. The molecule has 1 aromatic heterocycles. The third-order valence-corrected chi connectivity index (χ3v) is 8.35. The van der Waals surface area contributed by atoms with Crippen LogP contribution in [0.5, 0.6) is 0 Å². The van der Waals surface area contributed by atoms with Crippen LogP contribution in [0.15, 0.2) is 72.9 Å². The molecule has 214 valence electrons. The predicted octanol–water partition coefficient (Wildman–Crippen LogP) is 4.52. The summed E-state index contributed by atoms with van der Waals surface area (Å²) in [7, 11) is -3.95. The summed E-state index contributed by atoms with van der Waals surface area (Å²) in [5.41, 5.74) is 4.26. The van der Waals surface area contributed by atoms with Gasteiger partial charge in [-0.25, -0.2) is 15.1 Å². The van der Waals surface area contributed by atoms with Crippen molar-refractivity contribution in [1.29, 1.82) is 0 Å². The van der Waals surface area contributed by atoms with Crippen LogP contribution in [0, 0.1) is 0 Å². The van der Waals surface area contributed by atoms with E-state index >= 15 is 0 Å². The number of nitrogens with zero attached hydrogens (tertiary/aromatic N) is 5. The first-order valence-corrected chi connectivity index (χ1v) is 15.0. The Hall–Kier alpha value is -4.22. The van der Waals surface area contributed by atoms with E-state index in [0.717, 1.165) is 46.5 Å². The molecule has 1 fully saturated rings. The molecular weight excluding hydrogens is 538 g/mol. The first-order valence-electron chi connectivity index (χ1n) is 13.5. The van der Waals surface area contributed by atoms with Gasteiger partial charge >= 0.3 is 0 Å². The Morgan fingerprint density at radius 1 is 0.976 bits per heavy atom. The monoisotopic (exact) mass is 573 g/mol. The Kier molecular flexibility index (Phi) is 7.58. The molecule has 0 aliphatic carbocycles. The van der Waals surface area contributed by atoms with Crippen LogP contribution >= 0.6 is 0 Å². The maximum Gasteiger partial charge on any atom is 0.299 e. The average Bonchev–Trinajstić information content (AvgIpc) is 2.92. The molecule has 1 aliphatic rings. The van der Waals surface area contributed by atoms with Gasteiger partial charge in [-0.1, -0.05) is 36.4 Å². The molecule has 1 saturated heterocycles. The van der Waals surface area contributed by atoms with Crippen molar-refractivity contribution in [2.75, 3.05) is 40.7 Å². The number of piperazine rings is 1. The number of hydrogen-bond acceptors (Lipinski definition) is 7. The number of nitrogens with two attached hydrogens (primary N) is 1. The van der Waals surface area contributed by atoms with Crippen molar-refractivity contribution in [3.05, 3.63) is 72.9 Å². The fourth-order valence-electron chi connectivity index (χ4n) is 5.23. The molecule has 0 atom stereocenters. The molecule has 1 aliphatic heterocycles. The predicted molar refractivity (Wildman–Crippen MR) is 165 cm³/mol. The molecule has 2 heterocycles. The van der Waals surface area contributed by atoms with Crippen molar-refractivity contribution in [3.8, 4) is 11.1 Å². The molecule has 0 unspecified atom stereocenters. The van der Waals surface area contributed by atoms with E-state index in [1.165, 1.54) is 4.31 Å². The summed E-state index contributed by atoms with van der Waals surface area (Å²) in [6.07, 6.45) is 1.79. The van der Waals surface area contributed by atoms with Crippen LogP contribution < -0.4 is 19.7 Å². The van der Waals surface area contributed by atoms with Gasteiger partial charge in [-0.05, 0) is 56.7 Å². The van der Waals surface area contributed by atoms with Crippen LogP contribution in [0.1, 0.15) is 27.7 Å². The minimum Gasteiger partial charge on any atom is -0.368 e. The lowest BCUT2D eigenvalue weighted by Gasteiger charge is -2.35. The van der Waals surface area contributed by atoms with E-state index in [1.807, 2.05) is 47.4 Å². The van der Waals surface area contributed by atoms with Gasteiger partial charge in [0.1, 0.15) is 0 Å². The highest BCUT2D eigenvalue weighted by atomic mass is 32.2. The number of anilines is 4. The van der Waals surface area contributed by atoms with Crippen LogP contribution in [-0.2, 0) is 15.0 Å². The fraction of sp³-hybridized carbons (Fsp3) is 0.300. The number of benzene rings is 3. The third kappa shape index (κ3) is 6.26. The molecule has 0 spiro atoms. The molecule has 10 nitrogen and oxygen atoms in total. The maximum atomic E-state index is 12.3. The molecule has 4 aromatic rings. The number of aromatic nitrogens is 2. The Morgan fingerprint density at radius 2 is 1.66 bits per heavy atom. The van der Waals surface area contributed by atoms with Crippen molar-refractivity contribution in [2.45, 2.75) is 33.2 Å². The number of carbonyl (C=O) groups excluding carboxylic acids is 1. The quantitative estimate of drug-likeness (QED) is 0.348. The molecular formula is C30H35N7O3S. The minimum absolute atomic E-state index is 0.110. The normalized spacial score (nSPS) is 14.3. The lowest BCUT2D eigenvalue weighted by Crippen LogP contribution is -2.49. The zero-order valence-electron chi connectivity index (χ0n) is 23.7. The number of fused-ring (bicyclic) bond motifs is 1. The standard InChI is InChI=1S/C30H35N7O3S/c1-21(38)35-15-17-36(18-16-35)26-9-6-8-24(19-26)33-29-32-20-23-7-5-10-27(28(23)34-29)22-11-13-25(14-12-22)37(30(2,3)4)41(31,39)40/h5-14,19-20H,15-18H2,1-4H3,(H2,31,39,40)(H,32,33,34). The van der Waals surface area contributed by atoms with Gasteiger partial charge in [-0.2, -0.15) is 8.42 Å². The van der Waals surface area contributed by atoms with Gasteiger partial charge in [0.05, 0.1) is 11.2 Å². The molecule has 41 heavy (non-hydrogen) atoms. The summed E-state index contributed by atoms with van der Waals surface area (Å²) in [4.78, 5) is 25.2. The fourth-order valence-corrected chi connectivity index (χ4v) is 6.41. The zero-order valence-corrected chi connectivity index (χ0v) is 24.5. The van der Waals surface area contributed by atoms with E-state index in [9.17, 15) is 13.2 Å². The van der Waals surface area contributed by atoms with E-state index in [4.69, 9.17) is 10.1 Å². The zero-order chi connectivity index (χ0) is 29.4. The Balaban J connectivity index is 1.41. The number of para-hydroxylation sites is 1. The van der Waals surface area contributed by atoms with Gasteiger partial charge in [-0.15, -0.1) is 0 Å². The smallest absolute Gasteiger partial charge is 0.299 e. The van der Waals surface area contributed by atoms with Crippen molar-refractivity contribution < 1.29 is 13.2 Å². The Bertz CT molecular complexity index is 1680. The first kappa shape index (κ1) is 28.3. The van der Waals surface area contributed by atoms with Crippen molar-refractivity contribution in [1.82, 2.24) is 14.9 Å². The van der Waals surface area contributed by atoms with Gasteiger partial charge in [0, 0.05) is 67.2 Å². The van der Waals surface area contributed by atoms with Crippen LogP contribution in [0.25, 0.3) is 22.0 Å². The minimum atomic E-state index is -3.95. The molecule has 0 radical (unpaired) electrons. The number of amides is 1. The van der Waals surface area contributed by atoms with Crippen LogP contribution in [-0.4, -0.2) is 60.9 Å².